The topological polar surface area (TPSA) is 55.2 Å². The van der Waals surface area contributed by atoms with Crippen LogP contribution in [-0.2, 0) is 0 Å². The second-order valence-electron chi connectivity index (χ2n) is 4.81. The van der Waals surface area contributed by atoms with Crippen LogP contribution in [0.25, 0.3) is 11.4 Å². The van der Waals surface area contributed by atoms with Crippen LogP contribution in [0.2, 0.25) is 0 Å². The van der Waals surface area contributed by atoms with Gasteiger partial charge in [-0.25, -0.2) is 9.49 Å². The van der Waals surface area contributed by atoms with Crippen LogP contribution in [0.3, 0.4) is 0 Å². The molecular formula is C16H12BrFN4OS. The molecule has 0 atom stereocenters. The molecule has 0 aliphatic carbocycles. The van der Waals surface area contributed by atoms with Gasteiger partial charge in [0.15, 0.2) is 5.82 Å². The minimum Gasteiger partial charge on any atom is -0.497 e. The lowest BCUT2D eigenvalue weighted by Crippen LogP contribution is -1.97. The van der Waals surface area contributed by atoms with Gasteiger partial charge in [0.1, 0.15) is 11.6 Å². The molecule has 5 nitrogen and oxygen atoms in total. The lowest BCUT2D eigenvalue weighted by Gasteiger charge is -2.04. The number of rotatable bonds is 4. The van der Waals surface area contributed by atoms with Crippen molar-refractivity contribution in [3.05, 3.63) is 63.1 Å². The van der Waals surface area contributed by atoms with Crippen LogP contribution < -0.4 is 4.74 Å². The molecule has 24 heavy (non-hydrogen) atoms. The Hall–Kier alpha value is -2.32. The van der Waals surface area contributed by atoms with Gasteiger partial charge in [0.05, 0.1) is 13.3 Å². The maximum absolute atomic E-state index is 13.8. The zero-order chi connectivity index (χ0) is 17.1. The van der Waals surface area contributed by atoms with Gasteiger partial charge in [-0.05, 0) is 42.5 Å². The number of nitrogens with zero attached hydrogens (tertiary/aromatic N) is 3. The minimum atomic E-state index is -0.375. The average molecular weight is 407 g/mol. The highest BCUT2D eigenvalue weighted by molar-refractivity contribution is 9.10. The molecule has 0 spiro atoms. The molecular weight excluding hydrogens is 395 g/mol. The van der Waals surface area contributed by atoms with Crippen LogP contribution in [0.1, 0.15) is 5.56 Å². The first-order valence-electron chi connectivity index (χ1n) is 6.90. The van der Waals surface area contributed by atoms with Crippen molar-refractivity contribution >= 4 is 34.4 Å². The zero-order valence-electron chi connectivity index (χ0n) is 12.5. The molecule has 2 aromatic carbocycles. The second-order valence-corrected chi connectivity index (χ2v) is 6.11. The number of hydrogen-bond donors (Lipinski definition) is 1. The summed E-state index contributed by atoms with van der Waals surface area (Å²) in [6, 6.07) is 12.0. The van der Waals surface area contributed by atoms with Crippen LogP contribution in [0.15, 0.2) is 52.0 Å². The highest BCUT2D eigenvalue weighted by Crippen LogP contribution is 2.22. The van der Waals surface area contributed by atoms with Crippen LogP contribution in [0.4, 0.5) is 4.39 Å². The maximum Gasteiger partial charge on any atom is 0.216 e. The van der Waals surface area contributed by atoms with Crippen molar-refractivity contribution in [2.45, 2.75) is 0 Å². The van der Waals surface area contributed by atoms with Crippen LogP contribution >= 0.6 is 28.1 Å². The average Bonchev–Trinajstić information content (AvgIpc) is 2.96. The summed E-state index contributed by atoms with van der Waals surface area (Å²) >= 11 is 8.51. The lowest BCUT2D eigenvalue weighted by molar-refractivity contribution is 0.415. The molecule has 0 saturated carbocycles. The fraction of sp³-hybridized carbons (Fsp3) is 0.0625. The lowest BCUT2D eigenvalue weighted by atomic mass is 10.2. The first-order valence-corrected chi connectivity index (χ1v) is 8.10. The Labute approximate surface area is 150 Å². The van der Waals surface area contributed by atoms with Gasteiger partial charge in [0, 0.05) is 15.6 Å². The van der Waals surface area contributed by atoms with Crippen molar-refractivity contribution in [2.75, 3.05) is 7.11 Å². The quantitative estimate of drug-likeness (QED) is 0.515. The van der Waals surface area contributed by atoms with Crippen molar-refractivity contribution in [3.63, 3.8) is 0 Å². The molecule has 0 bridgehead atoms. The molecule has 1 N–H and O–H groups in total. The van der Waals surface area contributed by atoms with Crippen molar-refractivity contribution < 1.29 is 9.13 Å². The molecule has 0 amide bonds. The van der Waals surface area contributed by atoms with E-state index in [1.54, 1.807) is 19.2 Å². The van der Waals surface area contributed by atoms with E-state index in [9.17, 15) is 4.39 Å². The summed E-state index contributed by atoms with van der Waals surface area (Å²) in [5, 5.41) is 11.1. The van der Waals surface area contributed by atoms with E-state index >= 15 is 0 Å². The van der Waals surface area contributed by atoms with E-state index in [2.05, 4.69) is 31.2 Å². The second kappa shape index (κ2) is 7.06. The number of aromatic nitrogens is 3. The first-order chi connectivity index (χ1) is 11.6. The van der Waals surface area contributed by atoms with Gasteiger partial charge in [-0.15, -0.1) is 0 Å². The third-order valence-electron chi connectivity index (χ3n) is 3.25. The molecule has 0 radical (unpaired) electrons. The molecule has 0 aliphatic rings. The number of aromatic amines is 1. The Bertz CT molecular complexity index is 967. The first kappa shape index (κ1) is 16.5. The number of benzene rings is 2. The highest BCUT2D eigenvalue weighted by atomic mass is 79.9. The van der Waals surface area contributed by atoms with Gasteiger partial charge in [-0.3, -0.25) is 0 Å². The van der Waals surface area contributed by atoms with Gasteiger partial charge < -0.3 is 4.74 Å². The van der Waals surface area contributed by atoms with Crippen LogP contribution in [0, 0.1) is 10.6 Å². The van der Waals surface area contributed by atoms with E-state index in [4.69, 9.17) is 17.0 Å². The van der Waals surface area contributed by atoms with Crippen molar-refractivity contribution in [2.24, 2.45) is 5.10 Å². The van der Waals surface area contributed by atoms with Crippen LogP contribution in [0.5, 0.6) is 5.75 Å². The fourth-order valence-electron chi connectivity index (χ4n) is 2.08. The third kappa shape index (κ3) is 3.44. The monoisotopic (exact) mass is 406 g/mol. The Morgan fingerprint density at radius 2 is 2.17 bits per heavy atom. The number of hydrogen-bond acceptors (Lipinski definition) is 4. The SMILES string of the molecule is COc1cccc(-c2n[nH]c(=S)n2/N=C\c2cc(Br)ccc2F)c1. The van der Waals surface area contributed by atoms with E-state index in [1.165, 1.54) is 17.0 Å². The summed E-state index contributed by atoms with van der Waals surface area (Å²) in [5.74, 6) is 0.820. The predicted octanol–water partition coefficient (Wildman–Crippen LogP) is 4.40. The fourth-order valence-corrected chi connectivity index (χ4v) is 2.64. The number of nitrogens with one attached hydrogen (secondary N) is 1. The van der Waals surface area contributed by atoms with E-state index in [0.29, 0.717) is 21.9 Å². The van der Waals surface area contributed by atoms with Crippen molar-refractivity contribution in [3.8, 4) is 17.1 Å². The number of methoxy groups -OCH3 is 1. The Kier molecular flexibility index (Phi) is 4.86. The summed E-state index contributed by atoms with van der Waals surface area (Å²) in [7, 11) is 1.59. The third-order valence-corrected chi connectivity index (χ3v) is 4.01. The van der Waals surface area contributed by atoms with Gasteiger partial charge in [0.25, 0.3) is 0 Å². The van der Waals surface area contributed by atoms with Gasteiger partial charge in [-0.2, -0.15) is 14.9 Å². The molecule has 3 rings (SSSR count). The standard InChI is InChI=1S/C16H12BrFN4OS/c1-23-13-4-2-3-10(8-13)15-20-21-16(24)22(15)19-9-11-7-12(17)5-6-14(11)18/h2-9H,1H3,(H,21,24)/b19-9-. The van der Waals surface area contributed by atoms with Gasteiger partial charge in [-0.1, -0.05) is 28.1 Å². The Morgan fingerprint density at radius 3 is 2.96 bits per heavy atom. The van der Waals surface area contributed by atoms with Gasteiger partial charge >= 0.3 is 0 Å². The van der Waals surface area contributed by atoms with Gasteiger partial charge in [0.2, 0.25) is 4.77 Å². The summed E-state index contributed by atoms with van der Waals surface area (Å²) in [6.07, 6.45) is 1.40. The zero-order valence-corrected chi connectivity index (χ0v) is 14.9. The van der Waals surface area contributed by atoms with E-state index in [-0.39, 0.29) is 5.82 Å². The highest BCUT2D eigenvalue weighted by Gasteiger charge is 2.09. The summed E-state index contributed by atoms with van der Waals surface area (Å²) < 4.78 is 21.5. The predicted molar refractivity (Wildman–Crippen MR) is 96.5 cm³/mol. The molecule has 8 heteroatoms. The van der Waals surface area contributed by atoms with E-state index in [0.717, 1.165) is 10.0 Å². The van der Waals surface area contributed by atoms with Crippen molar-refractivity contribution in [1.29, 1.82) is 0 Å². The molecule has 1 aromatic heterocycles. The minimum absolute atomic E-state index is 0.305. The van der Waals surface area contributed by atoms with Crippen LogP contribution in [-0.4, -0.2) is 28.2 Å². The molecule has 3 aromatic rings. The summed E-state index contributed by atoms with van der Waals surface area (Å²) in [4.78, 5) is 0. The molecule has 0 aliphatic heterocycles. The Balaban J connectivity index is 2.03. The normalized spacial score (nSPS) is 11.1. The number of H-pyrrole nitrogens is 1. The molecule has 0 unspecified atom stereocenters. The number of halogens is 2. The Morgan fingerprint density at radius 1 is 1.33 bits per heavy atom. The smallest absolute Gasteiger partial charge is 0.216 e. The summed E-state index contributed by atoms with van der Waals surface area (Å²) in [5.41, 5.74) is 1.11. The van der Waals surface area contributed by atoms with E-state index < -0.39 is 0 Å². The molecule has 122 valence electrons. The molecule has 0 saturated heterocycles. The number of ether oxygens (including phenoxy) is 1. The van der Waals surface area contributed by atoms with Crippen molar-refractivity contribution in [1.82, 2.24) is 14.9 Å². The molecule has 1 heterocycles. The summed E-state index contributed by atoms with van der Waals surface area (Å²) in [6.45, 7) is 0. The largest absolute Gasteiger partial charge is 0.497 e. The van der Waals surface area contributed by atoms with E-state index in [1.807, 2.05) is 24.3 Å². The molecule has 0 fully saturated rings. The maximum atomic E-state index is 13.8.